The number of esters is 1. The molecule has 0 radical (unpaired) electrons. The van der Waals surface area contributed by atoms with E-state index in [1.54, 1.807) is 87.5 Å². The number of anilines is 1. The first-order valence-corrected chi connectivity index (χ1v) is 14.5. The predicted molar refractivity (Wildman–Crippen MR) is 160 cm³/mol. The molecule has 0 aromatic heterocycles. The summed E-state index contributed by atoms with van der Waals surface area (Å²) in [7, 11) is -2.59. The smallest absolute Gasteiger partial charge is 0.310 e. The third kappa shape index (κ3) is 6.84. The van der Waals surface area contributed by atoms with Crippen LogP contribution in [0.5, 0.6) is 0 Å². The van der Waals surface area contributed by atoms with Crippen molar-refractivity contribution in [1.29, 1.82) is 5.41 Å². The fourth-order valence-corrected chi connectivity index (χ4v) is 6.13. The molecule has 4 rings (SSSR count). The average Bonchev–Trinajstić information content (AvgIpc) is 3.37. The Bertz CT molecular complexity index is 1660. The van der Waals surface area contributed by atoms with Crippen molar-refractivity contribution in [2.45, 2.75) is 49.6 Å². The van der Waals surface area contributed by atoms with E-state index in [1.165, 1.54) is 13.2 Å². The maximum atomic E-state index is 13.6. The Morgan fingerprint density at radius 2 is 1.74 bits per heavy atom. The first-order valence-electron chi connectivity index (χ1n) is 13.0. The van der Waals surface area contributed by atoms with Crippen LogP contribution >= 0.6 is 0 Å². The number of nitrogen functional groups attached to an aromatic ring is 1. The van der Waals surface area contributed by atoms with Gasteiger partial charge < -0.3 is 20.6 Å². The van der Waals surface area contributed by atoms with Crippen molar-refractivity contribution in [3.05, 3.63) is 83.9 Å². The number of rotatable bonds is 9. The number of nitrogens with one attached hydrogen (secondary N) is 3. The molecule has 0 saturated heterocycles. The summed E-state index contributed by atoms with van der Waals surface area (Å²) in [4.78, 5) is 31.6. The van der Waals surface area contributed by atoms with Crippen LogP contribution in [0.2, 0.25) is 0 Å². The molecule has 0 saturated carbocycles. The number of ether oxygens (including phenoxy) is 1. The number of nitrogens with two attached hydrogens (primary N) is 1. The lowest BCUT2D eigenvalue weighted by Crippen LogP contribution is -2.45. The van der Waals surface area contributed by atoms with Gasteiger partial charge in [-0.15, -0.1) is 0 Å². The van der Waals surface area contributed by atoms with Gasteiger partial charge in [-0.25, -0.2) is 13.1 Å². The molecule has 0 aliphatic carbocycles. The lowest BCUT2D eigenvalue weighted by molar-refractivity contribution is -0.155. The summed E-state index contributed by atoms with van der Waals surface area (Å²) in [6, 6.07) is 20.1. The summed E-state index contributed by atoms with van der Waals surface area (Å²) in [5, 5.41) is 14.6. The summed E-state index contributed by atoms with van der Waals surface area (Å²) in [5.41, 5.74) is 6.28. The van der Waals surface area contributed by atoms with Crippen molar-refractivity contribution in [2.75, 3.05) is 12.4 Å². The van der Waals surface area contributed by atoms with E-state index in [1.807, 2.05) is 0 Å². The number of methoxy groups -OCH3 is 1. The highest BCUT2D eigenvalue weighted by Crippen LogP contribution is 2.33. The number of sulfonamides is 1. The Hall–Kier alpha value is -4.55. The molecule has 42 heavy (non-hydrogen) atoms. The molecule has 1 unspecified atom stereocenters. The van der Waals surface area contributed by atoms with E-state index in [9.17, 15) is 18.0 Å². The van der Waals surface area contributed by atoms with E-state index >= 15 is 0 Å². The molecule has 0 fully saturated rings. The number of hydrogen-bond acceptors (Lipinski definition) is 8. The molecule has 3 aromatic carbocycles. The van der Waals surface area contributed by atoms with Crippen molar-refractivity contribution in [2.24, 2.45) is 10.9 Å². The summed E-state index contributed by atoms with van der Waals surface area (Å²) >= 11 is 0. The lowest BCUT2D eigenvalue weighted by atomic mass is 9.89. The van der Waals surface area contributed by atoms with Crippen LogP contribution in [-0.4, -0.2) is 50.1 Å². The number of nitrogens with zero attached hydrogens (tertiary/aromatic N) is 1. The van der Waals surface area contributed by atoms with E-state index < -0.39 is 39.5 Å². The first kappa shape index (κ1) is 30.4. The molecule has 1 aliphatic rings. The van der Waals surface area contributed by atoms with Gasteiger partial charge in [-0.2, -0.15) is 0 Å². The Morgan fingerprint density at radius 3 is 2.38 bits per heavy atom. The third-order valence-corrected chi connectivity index (χ3v) is 8.25. The molecule has 11 nitrogen and oxygen atoms in total. The van der Waals surface area contributed by atoms with Gasteiger partial charge in [0.15, 0.2) is 0 Å². The maximum Gasteiger partial charge on any atom is 0.310 e. The number of hydrogen-bond donors (Lipinski definition) is 4. The van der Waals surface area contributed by atoms with E-state index in [2.05, 4.69) is 15.2 Å². The molecule has 220 valence electrons. The number of amidine groups is 1. The van der Waals surface area contributed by atoms with Crippen molar-refractivity contribution in [1.82, 2.24) is 4.72 Å². The second-order valence-electron chi connectivity index (χ2n) is 10.9. The summed E-state index contributed by atoms with van der Waals surface area (Å²) in [5.74, 6) is -1.39. The average molecular weight is 592 g/mol. The molecule has 12 heteroatoms. The van der Waals surface area contributed by atoms with Crippen LogP contribution < -0.4 is 15.8 Å². The fraction of sp³-hybridized carbons (Fsp3) is 0.267. The Morgan fingerprint density at radius 1 is 1.05 bits per heavy atom. The van der Waals surface area contributed by atoms with Crippen LogP contribution in [0.1, 0.15) is 44.7 Å². The monoisotopic (exact) mass is 591 g/mol. The fourth-order valence-electron chi connectivity index (χ4n) is 4.48. The van der Waals surface area contributed by atoms with E-state index in [0.29, 0.717) is 33.7 Å². The minimum atomic E-state index is -3.81. The zero-order valence-electron chi connectivity index (χ0n) is 23.7. The second kappa shape index (κ2) is 11.7. The number of oxime groups is 1. The molecule has 5 N–H and O–H groups in total. The van der Waals surface area contributed by atoms with Gasteiger partial charge in [0.1, 0.15) is 5.84 Å². The van der Waals surface area contributed by atoms with Gasteiger partial charge in [0.05, 0.1) is 24.1 Å². The van der Waals surface area contributed by atoms with Gasteiger partial charge in [0.25, 0.3) is 5.91 Å². The zero-order valence-corrected chi connectivity index (χ0v) is 24.5. The number of carbonyl (C=O) groups excluding carboxylic acids is 2. The highest BCUT2D eigenvalue weighted by atomic mass is 32.2. The van der Waals surface area contributed by atoms with Gasteiger partial charge in [0, 0.05) is 34.3 Å². The normalized spacial score (nSPS) is 16.7. The summed E-state index contributed by atoms with van der Waals surface area (Å²) < 4.78 is 33.7. The number of amides is 1. The summed E-state index contributed by atoms with van der Waals surface area (Å²) in [6.45, 7) is 5.30. The van der Waals surface area contributed by atoms with Crippen molar-refractivity contribution < 1.29 is 27.6 Å². The SMILES string of the molecule is COC(=O)CC1(C(=O)Nc2ccc(-c3ccccc3S(=O)(=O)NC(C)(C)C)cc2)CC(c2cccc(C(=N)N)c2)=NO1. The highest BCUT2D eigenvalue weighted by Gasteiger charge is 2.49. The van der Waals surface area contributed by atoms with Gasteiger partial charge in [-0.1, -0.05) is 53.7 Å². The Balaban J connectivity index is 1.57. The third-order valence-electron chi connectivity index (χ3n) is 6.43. The quantitative estimate of drug-likeness (QED) is 0.166. The summed E-state index contributed by atoms with van der Waals surface area (Å²) in [6.07, 6.45) is -0.418. The molecule has 1 heterocycles. The van der Waals surface area contributed by atoms with Crippen LogP contribution in [0.15, 0.2) is 82.8 Å². The van der Waals surface area contributed by atoms with Gasteiger partial charge in [-0.3, -0.25) is 15.0 Å². The molecular weight excluding hydrogens is 558 g/mol. The molecule has 3 aromatic rings. The topological polar surface area (TPSA) is 173 Å². The van der Waals surface area contributed by atoms with Gasteiger partial charge in [0.2, 0.25) is 15.6 Å². The van der Waals surface area contributed by atoms with Crippen molar-refractivity contribution in [3.63, 3.8) is 0 Å². The van der Waals surface area contributed by atoms with Gasteiger partial charge >= 0.3 is 5.97 Å². The molecule has 1 aliphatic heterocycles. The van der Waals surface area contributed by atoms with E-state index in [-0.39, 0.29) is 17.2 Å². The van der Waals surface area contributed by atoms with E-state index in [4.69, 9.17) is 20.7 Å². The molecule has 0 bridgehead atoms. The number of benzene rings is 3. The molecule has 1 amide bonds. The van der Waals surface area contributed by atoms with Crippen LogP contribution in [0.25, 0.3) is 11.1 Å². The van der Waals surface area contributed by atoms with E-state index in [0.717, 1.165) is 0 Å². The molecule has 1 atom stereocenters. The highest BCUT2D eigenvalue weighted by molar-refractivity contribution is 7.89. The first-order chi connectivity index (χ1) is 19.7. The van der Waals surface area contributed by atoms with Crippen LogP contribution in [0.4, 0.5) is 5.69 Å². The van der Waals surface area contributed by atoms with Crippen LogP contribution in [-0.2, 0) is 29.2 Å². The Kier molecular flexibility index (Phi) is 8.50. The zero-order chi connectivity index (χ0) is 30.7. The minimum Gasteiger partial charge on any atom is -0.469 e. The second-order valence-corrected chi connectivity index (χ2v) is 12.6. The largest absolute Gasteiger partial charge is 0.469 e. The lowest BCUT2D eigenvalue weighted by Gasteiger charge is -2.24. The molecular formula is C30H33N5O6S. The van der Waals surface area contributed by atoms with Crippen molar-refractivity contribution >= 4 is 39.1 Å². The van der Waals surface area contributed by atoms with Crippen LogP contribution in [0, 0.1) is 5.41 Å². The minimum absolute atomic E-state index is 0.0284. The van der Waals surface area contributed by atoms with Crippen molar-refractivity contribution in [3.8, 4) is 11.1 Å². The van der Waals surface area contributed by atoms with Crippen LogP contribution in [0.3, 0.4) is 0 Å². The molecule has 0 spiro atoms. The van der Waals surface area contributed by atoms with Gasteiger partial charge in [-0.05, 0) is 50.6 Å². The Labute approximate surface area is 244 Å². The standard InChI is InChI=1S/C30H33N5O6S/c1-29(2,3)35-42(38,39)25-11-6-5-10-23(25)19-12-14-22(15-13-19)33-28(37)30(18-26(36)40-4)17-24(34-41-30)20-8-7-9-21(16-20)27(31)32/h5-16,35H,17-18H2,1-4H3,(H3,31,32)(H,33,37). The predicted octanol–water partition coefficient (Wildman–Crippen LogP) is 3.78. The number of carbonyl (C=O) groups is 2. The maximum absolute atomic E-state index is 13.6.